The molecule has 0 N–H and O–H groups in total. The molecule has 2 aliphatic heterocycles. The van der Waals surface area contributed by atoms with E-state index in [-0.39, 0.29) is 0 Å². The smallest absolute Gasteiger partial charge is 0.0721 e. The fourth-order valence-corrected chi connectivity index (χ4v) is 4.06. The maximum atomic E-state index is 5.86. The molecule has 2 unspecified atom stereocenters. The molecule has 0 amide bonds. The summed E-state index contributed by atoms with van der Waals surface area (Å²) in [4.78, 5) is 2.47. The molecular formula is C11H20INO. The molecule has 2 nitrogen and oxygen atoms in total. The summed E-state index contributed by atoms with van der Waals surface area (Å²) < 4.78 is 7.03. The van der Waals surface area contributed by atoms with Crippen LogP contribution in [0.25, 0.3) is 0 Å². The quantitative estimate of drug-likeness (QED) is 0.544. The molecule has 82 valence electrons. The first-order valence-electron chi connectivity index (χ1n) is 5.63. The van der Waals surface area contributed by atoms with Gasteiger partial charge in [-0.3, -0.25) is 0 Å². The molecule has 2 heterocycles. The van der Waals surface area contributed by atoms with E-state index in [1.54, 1.807) is 0 Å². The van der Waals surface area contributed by atoms with Crippen LogP contribution in [0, 0.1) is 5.41 Å². The van der Waals surface area contributed by atoms with Crippen LogP contribution in [0.1, 0.15) is 25.7 Å². The van der Waals surface area contributed by atoms with E-state index in [9.17, 15) is 0 Å². The summed E-state index contributed by atoms with van der Waals surface area (Å²) in [5.74, 6) is 0. The van der Waals surface area contributed by atoms with Crippen molar-refractivity contribution in [1.29, 1.82) is 0 Å². The van der Waals surface area contributed by atoms with Gasteiger partial charge in [0.2, 0.25) is 0 Å². The second-order valence-corrected chi connectivity index (χ2v) is 5.66. The first kappa shape index (κ1) is 11.1. The Hall–Kier alpha value is 0.650. The summed E-state index contributed by atoms with van der Waals surface area (Å²) in [6.45, 7) is 3.53. The molecule has 0 aliphatic carbocycles. The summed E-state index contributed by atoms with van der Waals surface area (Å²) in [6, 6.07) is 0. The van der Waals surface area contributed by atoms with E-state index in [2.05, 4.69) is 34.5 Å². The molecule has 14 heavy (non-hydrogen) atoms. The van der Waals surface area contributed by atoms with Gasteiger partial charge in [0.05, 0.1) is 6.10 Å². The zero-order valence-electron chi connectivity index (χ0n) is 8.97. The van der Waals surface area contributed by atoms with Crippen molar-refractivity contribution in [2.45, 2.75) is 31.8 Å². The van der Waals surface area contributed by atoms with Gasteiger partial charge >= 0.3 is 0 Å². The lowest BCUT2D eigenvalue weighted by Gasteiger charge is -2.32. The van der Waals surface area contributed by atoms with Crippen molar-refractivity contribution in [3.05, 3.63) is 0 Å². The van der Waals surface area contributed by atoms with Crippen molar-refractivity contribution in [3.8, 4) is 0 Å². The maximum Gasteiger partial charge on any atom is 0.0721 e. The molecule has 2 rings (SSSR count). The summed E-state index contributed by atoms with van der Waals surface area (Å²) in [7, 11) is 2.24. The fraction of sp³-hybridized carbons (Fsp3) is 1.00. The van der Waals surface area contributed by atoms with Gasteiger partial charge in [-0.1, -0.05) is 22.6 Å². The van der Waals surface area contributed by atoms with Crippen molar-refractivity contribution in [1.82, 2.24) is 4.90 Å². The molecule has 2 atom stereocenters. The average Bonchev–Trinajstić information content (AvgIpc) is 2.48. The molecule has 2 aliphatic rings. The van der Waals surface area contributed by atoms with Crippen LogP contribution in [-0.2, 0) is 4.74 Å². The van der Waals surface area contributed by atoms with Gasteiger partial charge in [-0.25, -0.2) is 0 Å². The van der Waals surface area contributed by atoms with Gasteiger partial charge in [-0.2, -0.15) is 0 Å². The van der Waals surface area contributed by atoms with E-state index in [1.807, 2.05) is 0 Å². The van der Waals surface area contributed by atoms with Gasteiger partial charge in [0, 0.05) is 16.4 Å². The highest BCUT2D eigenvalue weighted by molar-refractivity contribution is 14.1. The van der Waals surface area contributed by atoms with E-state index < -0.39 is 0 Å². The number of ether oxygens (including phenoxy) is 1. The minimum absolute atomic E-state index is 0.534. The van der Waals surface area contributed by atoms with Crippen molar-refractivity contribution in [2.75, 3.05) is 31.2 Å². The van der Waals surface area contributed by atoms with Crippen LogP contribution in [0.4, 0.5) is 0 Å². The van der Waals surface area contributed by atoms with Crippen LogP contribution >= 0.6 is 22.6 Å². The highest BCUT2D eigenvalue weighted by Gasteiger charge is 2.43. The molecule has 0 saturated carbocycles. The van der Waals surface area contributed by atoms with Crippen molar-refractivity contribution >= 4 is 22.6 Å². The average molecular weight is 309 g/mol. The van der Waals surface area contributed by atoms with Crippen LogP contribution in [0.15, 0.2) is 0 Å². The Labute approximate surface area is 101 Å². The zero-order valence-corrected chi connectivity index (χ0v) is 11.1. The third kappa shape index (κ3) is 2.09. The fourth-order valence-electron chi connectivity index (χ4n) is 2.87. The van der Waals surface area contributed by atoms with Gasteiger partial charge < -0.3 is 9.64 Å². The lowest BCUT2D eigenvalue weighted by molar-refractivity contribution is 0.0616. The minimum Gasteiger partial charge on any atom is -0.377 e. The summed E-state index contributed by atoms with van der Waals surface area (Å²) in [6.07, 6.45) is 5.92. The molecule has 0 aromatic rings. The number of alkyl halides is 1. The van der Waals surface area contributed by atoms with Crippen LogP contribution in [0.3, 0.4) is 0 Å². The Kier molecular flexibility index (Phi) is 3.71. The molecule has 0 radical (unpaired) electrons. The highest BCUT2D eigenvalue weighted by atomic mass is 127. The molecule has 0 bridgehead atoms. The van der Waals surface area contributed by atoms with E-state index in [0.717, 1.165) is 6.61 Å². The van der Waals surface area contributed by atoms with Gasteiger partial charge in [0.25, 0.3) is 0 Å². The Morgan fingerprint density at radius 1 is 1.36 bits per heavy atom. The largest absolute Gasteiger partial charge is 0.377 e. The summed E-state index contributed by atoms with van der Waals surface area (Å²) >= 11 is 2.48. The summed E-state index contributed by atoms with van der Waals surface area (Å²) in [5, 5.41) is 0. The lowest BCUT2D eigenvalue weighted by atomic mass is 9.75. The van der Waals surface area contributed by atoms with Crippen LogP contribution in [-0.4, -0.2) is 42.2 Å². The lowest BCUT2D eigenvalue weighted by Crippen LogP contribution is -2.33. The number of halogens is 1. The highest BCUT2D eigenvalue weighted by Crippen LogP contribution is 2.44. The van der Waals surface area contributed by atoms with Gasteiger partial charge in [-0.15, -0.1) is 0 Å². The van der Waals surface area contributed by atoms with Crippen molar-refractivity contribution < 1.29 is 4.74 Å². The van der Waals surface area contributed by atoms with E-state index in [1.165, 1.54) is 43.2 Å². The molecular weight excluding hydrogens is 289 g/mol. The van der Waals surface area contributed by atoms with Crippen molar-refractivity contribution in [2.24, 2.45) is 5.41 Å². The zero-order chi connectivity index (χ0) is 10.0. The molecule has 2 saturated heterocycles. The minimum atomic E-state index is 0.534. The predicted octanol–water partition coefficient (Wildman–Crippen LogP) is 2.31. The molecule has 0 aromatic heterocycles. The maximum absolute atomic E-state index is 5.86. The number of rotatable bonds is 1. The summed E-state index contributed by atoms with van der Waals surface area (Å²) in [5.41, 5.74) is 0.534. The number of likely N-dealkylation sites (tertiary alicyclic amines) is 1. The Bertz CT molecular complexity index is 200. The molecule has 2 fully saturated rings. The number of nitrogens with zero attached hydrogens (tertiary/aromatic N) is 1. The van der Waals surface area contributed by atoms with Crippen LogP contribution in [0.2, 0.25) is 0 Å². The third-order valence-electron chi connectivity index (χ3n) is 3.95. The van der Waals surface area contributed by atoms with Crippen LogP contribution in [0.5, 0.6) is 0 Å². The molecule has 1 spiro atoms. The molecule has 3 heteroatoms. The van der Waals surface area contributed by atoms with Gasteiger partial charge in [0.15, 0.2) is 0 Å². The van der Waals surface area contributed by atoms with E-state index >= 15 is 0 Å². The topological polar surface area (TPSA) is 12.5 Å². The number of hydrogen-bond acceptors (Lipinski definition) is 2. The van der Waals surface area contributed by atoms with Crippen LogP contribution < -0.4 is 0 Å². The monoisotopic (exact) mass is 309 g/mol. The predicted molar refractivity (Wildman–Crippen MR) is 67.0 cm³/mol. The Morgan fingerprint density at radius 2 is 2.21 bits per heavy atom. The van der Waals surface area contributed by atoms with E-state index in [0.29, 0.717) is 11.5 Å². The normalized spacial score (nSPS) is 40.3. The third-order valence-corrected chi connectivity index (χ3v) is 4.75. The van der Waals surface area contributed by atoms with E-state index in [4.69, 9.17) is 4.74 Å². The number of hydrogen-bond donors (Lipinski definition) is 0. The SMILES string of the molecule is CN1CCCC2(CCOC2CI)CC1. The first-order valence-corrected chi connectivity index (χ1v) is 7.15. The molecule has 0 aromatic carbocycles. The Morgan fingerprint density at radius 3 is 3.00 bits per heavy atom. The van der Waals surface area contributed by atoms with Gasteiger partial charge in [-0.05, 0) is 45.8 Å². The second kappa shape index (κ2) is 4.66. The Balaban J connectivity index is 2.05. The first-order chi connectivity index (χ1) is 6.77. The van der Waals surface area contributed by atoms with Crippen molar-refractivity contribution in [3.63, 3.8) is 0 Å². The van der Waals surface area contributed by atoms with Gasteiger partial charge in [0.1, 0.15) is 0 Å². The standard InChI is InChI=1S/C11H20INO/c1-13-6-2-3-11(4-7-13)5-8-14-10(11)9-12/h10H,2-9H2,1H3. The second-order valence-electron chi connectivity index (χ2n) is 4.78.